The van der Waals surface area contributed by atoms with Gasteiger partial charge in [0, 0.05) is 12.8 Å². The molecule has 0 spiro atoms. The molecule has 5 heteroatoms. The number of imidazole rings is 1. The number of amides is 1. The Morgan fingerprint density at radius 3 is 2.81 bits per heavy atom. The monoisotopic (exact) mass is 289 g/mol. The van der Waals surface area contributed by atoms with E-state index in [0.29, 0.717) is 18.8 Å². The van der Waals surface area contributed by atoms with Crippen molar-refractivity contribution in [3.8, 4) is 0 Å². The minimum atomic E-state index is -0.159. The first-order valence-electron chi connectivity index (χ1n) is 7.42. The van der Waals surface area contributed by atoms with E-state index >= 15 is 0 Å². The summed E-state index contributed by atoms with van der Waals surface area (Å²) in [7, 11) is 0. The fourth-order valence-electron chi connectivity index (χ4n) is 2.40. The summed E-state index contributed by atoms with van der Waals surface area (Å²) in [5.74, 6) is 1.21. The van der Waals surface area contributed by atoms with Crippen LogP contribution >= 0.6 is 0 Å². The third kappa shape index (κ3) is 4.56. The molecule has 1 unspecified atom stereocenters. The zero-order chi connectivity index (χ0) is 15.2. The molecule has 3 N–H and O–H groups in total. The topological polar surface area (TPSA) is 78.0 Å². The summed E-state index contributed by atoms with van der Waals surface area (Å²) in [6, 6.07) is 7.65. The van der Waals surface area contributed by atoms with E-state index in [4.69, 9.17) is 0 Å². The number of hydrogen-bond donors (Lipinski definition) is 3. The third-order valence-corrected chi connectivity index (χ3v) is 3.37. The van der Waals surface area contributed by atoms with Crippen LogP contribution in [0.15, 0.2) is 24.3 Å². The van der Waals surface area contributed by atoms with Crippen molar-refractivity contribution < 1.29 is 9.90 Å². The number of nitrogens with one attached hydrogen (secondary N) is 2. The Bertz CT molecular complexity index is 559. The van der Waals surface area contributed by atoms with Gasteiger partial charge >= 0.3 is 0 Å². The standard InChI is InChI=1S/C16H23N3O2/c1-11(2)9-12(10-20)17-16(21)8-7-15-18-13-5-3-4-6-14(13)19-15/h3-6,11-12,20H,7-10H2,1-2H3,(H,17,21)(H,18,19). The van der Waals surface area contributed by atoms with Crippen LogP contribution in [0.25, 0.3) is 11.0 Å². The maximum Gasteiger partial charge on any atom is 0.220 e. The summed E-state index contributed by atoms with van der Waals surface area (Å²) in [4.78, 5) is 19.6. The van der Waals surface area contributed by atoms with Gasteiger partial charge in [-0.25, -0.2) is 4.98 Å². The van der Waals surface area contributed by atoms with Crippen LogP contribution in [0.1, 0.15) is 32.5 Å². The molecule has 114 valence electrons. The van der Waals surface area contributed by atoms with E-state index in [9.17, 15) is 9.90 Å². The van der Waals surface area contributed by atoms with Crippen molar-refractivity contribution in [2.75, 3.05) is 6.61 Å². The van der Waals surface area contributed by atoms with Gasteiger partial charge in [-0.05, 0) is 24.5 Å². The van der Waals surface area contributed by atoms with Crippen LogP contribution in [0.3, 0.4) is 0 Å². The quantitative estimate of drug-likeness (QED) is 0.729. The van der Waals surface area contributed by atoms with Crippen LogP contribution < -0.4 is 5.32 Å². The molecule has 1 atom stereocenters. The smallest absolute Gasteiger partial charge is 0.220 e. The second kappa shape index (κ2) is 7.22. The molecule has 1 aromatic carbocycles. The van der Waals surface area contributed by atoms with Crippen LogP contribution in [0.5, 0.6) is 0 Å². The van der Waals surface area contributed by atoms with Gasteiger partial charge in [0.15, 0.2) is 0 Å². The summed E-state index contributed by atoms with van der Waals surface area (Å²) in [6.45, 7) is 4.13. The van der Waals surface area contributed by atoms with Gasteiger partial charge in [0.25, 0.3) is 0 Å². The summed E-state index contributed by atoms with van der Waals surface area (Å²) in [6.07, 6.45) is 1.72. The van der Waals surface area contributed by atoms with Gasteiger partial charge in [-0.1, -0.05) is 26.0 Å². The molecule has 0 saturated carbocycles. The average molecular weight is 289 g/mol. The minimum Gasteiger partial charge on any atom is -0.394 e. The number of fused-ring (bicyclic) bond motifs is 1. The summed E-state index contributed by atoms with van der Waals surface area (Å²) in [5, 5.41) is 12.1. The fourth-order valence-corrected chi connectivity index (χ4v) is 2.40. The van der Waals surface area contributed by atoms with Gasteiger partial charge in [0.2, 0.25) is 5.91 Å². The molecule has 1 aromatic heterocycles. The van der Waals surface area contributed by atoms with Crippen molar-refractivity contribution in [3.05, 3.63) is 30.1 Å². The molecule has 0 aliphatic rings. The van der Waals surface area contributed by atoms with Gasteiger partial charge in [-0.15, -0.1) is 0 Å². The Morgan fingerprint density at radius 1 is 1.38 bits per heavy atom. The first kappa shape index (κ1) is 15.5. The van der Waals surface area contributed by atoms with Gasteiger partial charge in [0.05, 0.1) is 23.7 Å². The predicted octanol–water partition coefficient (Wildman–Crippen LogP) is 2.02. The maximum atomic E-state index is 11.9. The number of H-pyrrole nitrogens is 1. The highest BCUT2D eigenvalue weighted by Gasteiger charge is 2.13. The summed E-state index contributed by atoms with van der Waals surface area (Å²) < 4.78 is 0. The normalized spacial score (nSPS) is 12.8. The van der Waals surface area contributed by atoms with Crippen LogP contribution in [-0.2, 0) is 11.2 Å². The SMILES string of the molecule is CC(C)CC(CO)NC(=O)CCc1nc2ccccc2[nH]1. The number of carbonyl (C=O) groups is 1. The molecule has 5 nitrogen and oxygen atoms in total. The Kier molecular flexibility index (Phi) is 5.33. The third-order valence-electron chi connectivity index (χ3n) is 3.37. The first-order chi connectivity index (χ1) is 10.1. The van der Waals surface area contributed by atoms with E-state index in [-0.39, 0.29) is 18.6 Å². The molecule has 2 rings (SSSR count). The molecule has 0 radical (unpaired) electrons. The van der Waals surface area contributed by atoms with Crippen LogP contribution in [-0.4, -0.2) is 33.6 Å². The Morgan fingerprint density at radius 2 is 2.14 bits per heavy atom. The first-order valence-corrected chi connectivity index (χ1v) is 7.42. The van der Waals surface area contributed by atoms with Gasteiger partial charge in [0.1, 0.15) is 5.82 Å². The molecular formula is C16H23N3O2. The zero-order valence-corrected chi connectivity index (χ0v) is 12.6. The van der Waals surface area contributed by atoms with Crippen LogP contribution in [0.4, 0.5) is 0 Å². The molecule has 0 fully saturated rings. The average Bonchev–Trinajstić information content (AvgIpc) is 2.86. The number of aromatic amines is 1. The lowest BCUT2D eigenvalue weighted by Crippen LogP contribution is -2.38. The number of aryl methyl sites for hydroxylation is 1. The molecule has 0 aliphatic heterocycles. The van der Waals surface area contributed by atoms with E-state index in [2.05, 4.69) is 29.1 Å². The number of nitrogens with zero attached hydrogens (tertiary/aromatic N) is 1. The van der Waals surface area contributed by atoms with Crippen LogP contribution in [0.2, 0.25) is 0 Å². The Labute approximate surface area is 124 Å². The number of aromatic nitrogens is 2. The van der Waals surface area contributed by atoms with Gasteiger partial charge < -0.3 is 15.4 Å². The van der Waals surface area contributed by atoms with Crippen molar-refractivity contribution in [3.63, 3.8) is 0 Å². The summed E-state index contributed by atoms with van der Waals surface area (Å²) >= 11 is 0. The minimum absolute atomic E-state index is 0.0193. The van der Waals surface area contributed by atoms with Gasteiger partial charge in [-0.3, -0.25) is 4.79 Å². The molecule has 0 saturated heterocycles. The highest BCUT2D eigenvalue weighted by atomic mass is 16.3. The van der Waals surface area contributed by atoms with E-state index in [1.54, 1.807) is 0 Å². The highest BCUT2D eigenvalue weighted by Crippen LogP contribution is 2.11. The molecule has 1 amide bonds. The number of carbonyl (C=O) groups excluding carboxylic acids is 1. The molecule has 2 aromatic rings. The van der Waals surface area contributed by atoms with E-state index in [0.717, 1.165) is 23.3 Å². The van der Waals surface area contributed by atoms with E-state index in [1.165, 1.54) is 0 Å². The Hall–Kier alpha value is -1.88. The number of para-hydroxylation sites is 2. The largest absolute Gasteiger partial charge is 0.394 e. The lowest BCUT2D eigenvalue weighted by Gasteiger charge is -2.18. The number of aliphatic hydroxyl groups is 1. The number of benzene rings is 1. The van der Waals surface area contributed by atoms with Crippen molar-refractivity contribution in [1.29, 1.82) is 0 Å². The number of rotatable bonds is 7. The zero-order valence-electron chi connectivity index (χ0n) is 12.6. The van der Waals surface area contributed by atoms with E-state index in [1.807, 2.05) is 24.3 Å². The lowest BCUT2D eigenvalue weighted by atomic mass is 10.0. The lowest BCUT2D eigenvalue weighted by molar-refractivity contribution is -0.122. The van der Waals surface area contributed by atoms with Crippen molar-refractivity contribution >= 4 is 16.9 Å². The highest BCUT2D eigenvalue weighted by molar-refractivity contribution is 5.77. The molecule has 0 aliphatic carbocycles. The number of hydrogen-bond acceptors (Lipinski definition) is 3. The maximum absolute atomic E-state index is 11.9. The molecule has 21 heavy (non-hydrogen) atoms. The van der Waals surface area contributed by atoms with Crippen LogP contribution in [0, 0.1) is 5.92 Å². The Balaban J connectivity index is 1.85. The van der Waals surface area contributed by atoms with Crippen molar-refractivity contribution in [1.82, 2.24) is 15.3 Å². The van der Waals surface area contributed by atoms with Gasteiger partial charge in [-0.2, -0.15) is 0 Å². The molecular weight excluding hydrogens is 266 g/mol. The summed E-state index contributed by atoms with van der Waals surface area (Å²) in [5.41, 5.74) is 1.90. The fraction of sp³-hybridized carbons (Fsp3) is 0.500. The molecule has 1 heterocycles. The number of aliphatic hydroxyl groups excluding tert-OH is 1. The second-order valence-corrected chi connectivity index (χ2v) is 5.78. The second-order valence-electron chi connectivity index (χ2n) is 5.78. The van der Waals surface area contributed by atoms with Crippen molar-refractivity contribution in [2.24, 2.45) is 5.92 Å². The predicted molar refractivity (Wildman–Crippen MR) is 82.9 cm³/mol. The van der Waals surface area contributed by atoms with E-state index < -0.39 is 0 Å². The van der Waals surface area contributed by atoms with Crippen molar-refractivity contribution in [2.45, 2.75) is 39.2 Å². The molecule has 0 bridgehead atoms.